The summed E-state index contributed by atoms with van der Waals surface area (Å²) >= 11 is 0. The Kier molecular flexibility index (Phi) is 9.68. The molecule has 7 heteroatoms. The minimum atomic E-state index is -1.18. The molecule has 0 aliphatic heterocycles. The second-order valence-corrected chi connectivity index (χ2v) is 7.74. The van der Waals surface area contributed by atoms with Crippen molar-refractivity contribution in [3.8, 4) is 0 Å². The number of ketones is 1. The molecule has 2 aromatic carbocycles. The molecule has 2 N–H and O–H groups in total. The first-order valence-electron chi connectivity index (χ1n) is 10.3. The molecule has 0 spiro atoms. The Balaban J connectivity index is 2.01. The molecule has 0 saturated heterocycles. The molecule has 0 aromatic heterocycles. The normalized spacial score (nSPS) is 12.6. The van der Waals surface area contributed by atoms with E-state index >= 15 is 0 Å². The molecule has 6 nitrogen and oxygen atoms in total. The average Bonchev–Trinajstić information content (AvgIpc) is 2.77. The van der Waals surface area contributed by atoms with E-state index in [-0.39, 0.29) is 18.9 Å². The van der Waals surface area contributed by atoms with Crippen LogP contribution in [0.15, 0.2) is 60.7 Å². The lowest BCUT2D eigenvalue weighted by molar-refractivity contribution is -0.129. The predicted molar refractivity (Wildman–Crippen MR) is 116 cm³/mol. The summed E-state index contributed by atoms with van der Waals surface area (Å²) in [5.74, 6) is -1.17. The molecule has 0 aliphatic carbocycles. The van der Waals surface area contributed by atoms with Crippen molar-refractivity contribution in [3.63, 3.8) is 0 Å². The molecule has 0 bridgehead atoms. The third kappa shape index (κ3) is 8.58. The highest BCUT2D eigenvalue weighted by molar-refractivity contribution is 5.92. The Bertz CT molecular complexity index is 843. The zero-order valence-corrected chi connectivity index (χ0v) is 17.8. The number of alkyl carbamates (subject to hydrolysis) is 1. The maximum Gasteiger partial charge on any atom is 0.408 e. The Labute approximate surface area is 182 Å². The number of benzene rings is 2. The van der Waals surface area contributed by atoms with Crippen molar-refractivity contribution in [2.24, 2.45) is 5.92 Å². The summed E-state index contributed by atoms with van der Waals surface area (Å²) in [5.41, 5.74) is 1.62. The van der Waals surface area contributed by atoms with Gasteiger partial charge in [-0.05, 0) is 29.9 Å². The molecule has 0 fully saturated rings. The van der Waals surface area contributed by atoms with E-state index in [2.05, 4.69) is 10.6 Å². The standard InChI is InChI=1S/C24H29FN2O4/c1-17(2)13-21(27-24(30)31-16-19-11-7-4-8-12-19)23(29)26-20(22(28)15-25)14-18-9-5-3-6-10-18/h3-12,17,20-21H,13-16H2,1-2H3,(H,26,29)(H,27,30)/t20-,21+/m1/s1. The SMILES string of the molecule is CC(C)C[C@H](NC(=O)OCc1ccccc1)C(=O)N[C@H](Cc1ccccc1)C(=O)CF. The highest BCUT2D eigenvalue weighted by atomic mass is 19.1. The lowest BCUT2D eigenvalue weighted by atomic mass is 10.00. The van der Waals surface area contributed by atoms with Crippen LogP contribution >= 0.6 is 0 Å². The van der Waals surface area contributed by atoms with Gasteiger partial charge >= 0.3 is 6.09 Å². The van der Waals surface area contributed by atoms with Gasteiger partial charge in [0.15, 0.2) is 5.78 Å². The van der Waals surface area contributed by atoms with Gasteiger partial charge in [0.1, 0.15) is 19.3 Å². The van der Waals surface area contributed by atoms with Crippen molar-refractivity contribution in [2.75, 3.05) is 6.67 Å². The van der Waals surface area contributed by atoms with Crippen LogP contribution in [0.4, 0.5) is 9.18 Å². The fourth-order valence-corrected chi connectivity index (χ4v) is 3.07. The molecule has 2 atom stereocenters. The Hall–Kier alpha value is -3.22. The number of hydrogen-bond acceptors (Lipinski definition) is 4. The molecular formula is C24H29FN2O4. The van der Waals surface area contributed by atoms with Gasteiger partial charge in [-0.1, -0.05) is 74.5 Å². The monoisotopic (exact) mass is 428 g/mol. The minimum absolute atomic E-state index is 0.0691. The lowest BCUT2D eigenvalue weighted by Gasteiger charge is -2.23. The Morgan fingerprint density at radius 2 is 1.45 bits per heavy atom. The van der Waals surface area contributed by atoms with E-state index in [0.29, 0.717) is 6.42 Å². The summed E-state index contributed by atoms with van der Waals surface area (Å²) in [6.45, 7) is 2.70. The average molecular weight is 429 g/mol. The third-order valence-electron chi connectivity index (χ3n) is 4.65. The fraction of sp³-hybridized carbons (Fsp3) is 0.375. The second kappa shape index (κ2) is 12.5. The maximum absolute atomic E-state index is 13.1. The number of amides is 2. The number of carbonyl (C=O) groups is 3. The number of nitrogens with one attached hydrogen (secondary N) is 2. The number of halogens is 1. The largest absolute Gasteiger partial charge is 0.445 e. The molecular weight excluding hydrogens is 399 g/mol. The number of rotatable bonds is 11. The van der Waals surface area contributed by atoms with Crippen LogP contribution in [0.5, 0.6) is 0 Å². The van der Waals surface area contributed by atoms with E-state index in [0.717, 1.165) is 11.1 Å². The predicted octanol–water partition coefficient (Wildman–Crippen LogP) is 3.59. The number of hydrogen-bond donors (Lipinski definition) is 2. The van der Waals surface area contributed by atoms with Gasteiger partial charge < -0.3 is 15.4 Å². The first-order valence-corrected chi connectivity index (χ1v) is 10.3. The highest BCUT2D eigenvalue weighted by Crippen LogP contribution is 2.09. The fourth-order valence-electron chi connectivity index (χ4n) is 3.07. The molecule has 2 rings (SSSR count). The summed E-state index contributed by atoms with van der Waals surface area (Å²) in [7, 11) is 0. The number of carbonyl (C=O) groups excluding carboxylic acids is 3. The summed E-state index contributed by atoms with van der Waals surface area (Å²) in [5, 5.41) is 5.17. The van der Waals surface area contributed by atoms with Crippen LogP contribution in [0.3, 0.4) is 0 Å². The first-order chi connectivity index (χ1) is 14.9. The van der Waals surface area contributed by atoms with Gasteiger partial charge in [0.25, 0.3) is 0 Å². The second-order valence-electron chi connectivity index (χ2n) is 7.74. The van der Waals surface area contributed by atoms with Crippen LogP contribution in [-0.4, -0.2) is 36.5 Å². The number of Topliss-reactive ketones (excluding diaryl/α,β-unsaturated/α-hetero) is 1. The van der Waals surface area contributed by atoms with Gasteiger partial charge in [0.2, 0.25) is 5.91 Å². The lowest BCUT2D eigenvalue weighted by Crippen LogP contribution is -2.53. The van der Waals surface area contributed by atoms with Gasteiger partial charge in [-0.15, -0.1) is 0 Å². The quantitative estimate of drug-likeness (QED) is 0.573. The Morgan fingerprint density at radius 1 is 0.871 bits per heavy atom. The molecule has 31 heavy (non-hydrogen) atoms. The van der Waals surface area contributed by atoms with Gasteiger partial charge in [-0.2, -0.15) is 0 Å². The maximum atomic E-state index is 13.1. The van der Waals surface area contributed by atoms with Crippen molar-refractivity contribution in [1.29, 1.82) is 0 Å². The topological polar surface area (TPSA) is 84.5 Å². The highest BCUT2D eigenvalue weighted by Gasteiger charge is 2.27. The van der Waals surface area contributed by atoms with Crippen molar-refractivity contribution in [3.05, 3.63) is 71.8 Å². The van der Waals surface area contributed by atoms with Crippen LogP contribution in [0.25, 0.3) is 0 Å². The molecule has 166 valence electrons. The van der Waals surface area contributed by atoms with Crippen molar-refractivity contribution in [2.45, 2.75) is 45.4 Å². The van der Waals surface area contributed by atoms with Gasteiger partial charge in [0.05, 0.1) is 6.04 Å². The minimum Gasteiger partial charge on any atom is -0.445 e. The molecule has 2 aromatic rings. The first kappa shape index (κ1) is 24.1. The van der Waals surface area contributed by atoms with E-state index in [1.54, 1.807) is 24.3 Å². The molecule has 0 radical (unpaired) electrons. The molecule has 0 heterocycles. The zero-order chi connectivity index (χ0) is 22.6. The van der Waals surface area contributed by atoms with Gasteiger partial charge in [0, 0.05) is 0 Å². The molecule has 0 unspecified atom stereocenters. The molecule has 2 amide bonds. The van der Waals surface area contributed by atoms with Crippen LogP contribution in [-0.2, 0) is 27.4 Å². The number of ether oxygens (including phenoxy) is 1. The van der Waals surface area contributed by atoms with E-state index in [1.165, 1.54) is 0 Å². The van der Waals surface area contributed by atoms with Crippen molar-refractivity contribution in [1.82, 2.24) is 10.6 Å². The van der Waals surface area contributed by atoms with Crippen LogP contribution in [0.2, 0.25) is 0 Å². The van der Waals surface area contributed by atoms with E-state index in [4.69, 9.17) is 4.74 Å². The van der Waals surface area contributed by atoms with E-state index < -0.39 is 36.5 Å². The summed E-state index contributed by atoms with van der Waals surface area (Å²) < 4.78 is 18.3. The summed E-state index contributed by atoms with van der Waals surface area (Å²) in [4.78, 5) is 37.2. The smallest absolute Gasteiger partial charge is 0.408 e. The van der Waals surface area contributed by atoms with E-state index in [1.807, 2.05) is 50.2 Å². The van der Waals surface area contributed by atoms with Crippen LogP contribution < -0.4 is 10.6 Å². The zero-order valence-electron chi connectivity index (χ0n) is 17.8. The summed E-state index contributed by atoms with van der Waals surface area (Å²) in [6, 6.07) is 16.3. The summed E-state index contributed by atoms with van der Waals surface area (Å²) in [6.07, 6.45) is -0.225. The molecule has 0 aliphatic rings. The van der Waals surface area contributed by atoms with Crippen molar-refractivity contribution < 1.29 is 23.5 Å². The van der Waals surface area contributed by atoms with Crippen molar-refractivity contribution >= 4 is 17.8 Å². The van der Waals surface area contributed by atoms with Gasteiger partial charge in [-0.3, -0.25) is 9.59 Å². The Morgan fingerprint density at radius 3 is 2.00 bits per heavy atom. The number of alkyl halides is 1. The van der Waals surface area contributed by atoms with Gasteiger partial charge in [-0.25, -0.2) is 9.18 Å². The molecule has 0 saturated carbocycles. The van der Waals surface area contributed by atoms with E-state index in [9.17, 15) is 18.8 Å². The third-order valence-corrected chi connectivity index (χ3v) is 4.65. The van der Waals surface area contributed by atoms with Crippen LogP contribution in [0.1, 0.15) is 31.4 Å². The van der Waals surface area contributed by atoms with Crippen LogP contribution in [0, 0.1) is 5.92 Å².